The molecule has 1 aliphatic rings. The Morgan fingerprint density at radius 3 is 2.74 bits per heavy atom. The molecule has 6 nitrogen and oxygen atoms in total. The molecule has 154 valence electrons. The van der Waals surface area contributed by atoms with Gasteiger partial charge in [0, 0.05) is 12.4 Å². The Morgan fingerprint density at radius 2 is 1.87 bits per heavy atom. The van der Waals surface area contributed by atoms with Crippen LogP contribution in [0.1, 0.15) is 39.5 Å². The van der Waals surface area contributed by atoms with Crippen LogP contribution in [0.4, 0.5) is 0 Å². The molecule has 5 rings (SSSR count). The molecule has 1 atom stereocenters. The molecule has 2 aromatic carbocycles. The molecule has 1 amide bonds. The molecule has 0 fully saturated rings. The van der Waals surface area contributed by atoms with Gasteiger partial charge >= 0.3 is 0 Å². The maximum Gasteiger partial charge on any atom is 0.270 e. The second kappa shape index (κ2) is 8.07. The highest BCUT2D eigenvalue weighted by Crippen LogP contribution is 2.30. The third-order valence-electron chi connectivity index (χ3n) is 5.53. The molecule has 1 N–H and O–H groups in total. The number of rotatable bonds is 4. The van der Waals surface area contributed by atoms with Gasteiger partial charge in [-0.15, -0.1) is 0 Å². The fraction of sp³-hybridized carbons (Fsp3) is 0.160. The van der Waals surface area contributed by atoms with Crippen molar-refractivity contribution in [2.24, 2.45) is 0 Å². The van der Waals surface area contributed by atoms with Crippen LogP contribution in [0.5, 0.6) is 5.75 Å². The van der Waals surface area contributed by atoms with E-state index >= 15 is 0 Å². The van der Waals surface area contributed by atoms with Crippen LogP contribution in [0.15, 0.2) is 83.9 Å². The van der Waals surface area contributed by atoms with Crippen LogP contribution in [-0.4, -0.2) is 21.9 Å². The summed E-state index contributed by atoms with van der Waals surface area (Å²) in [5.41, 5.74) is 3.11. The standard InChI is InChI=1S/C25H21N3O3/c29-24(20-16-26-22-10-4-5-13-28(22)25(20)30)27-23(17-7-2-1-3-8-17)19-11-12-21-18(15-19)9-6-14-31-21/h1-5,7-8,10-13,15-16,23H,6,9,14H2,(H,27,29). The maximum atomic E-state index is 13.2. The largest absolute Gasteiger partial charge is 0.493 e. The molecule has 6 heteroatoms. The van der Waals surface area contributed by atoms with Gasteiger partial charge in [-0.1, -0.05) is 42.5 Å². The number of aromatic nitrogens is 2. The summed E-state index contributed by atoms with van der Waals surface area (Å²) in [6.45, 7) is 0.726. The van der Waals surface area contributed by atoms with Crippen LogP contribution in [0.3, 0.4) is 0 Å². The lowest BCUT2D eigenvalue weighted by Crippen LogP contribution is -2.34. The number of fused-ring (bicyclic) bond motifs is 2. The molecule has 0 spiro atoms. The number of hydrogen-bond acceptors (Lipinski definition) is 4. The second-order valence-electron chi connectivity index (χ2n) is 7.54. The van der Waals surface area contributed by atoms with Crippen molar-refractivity contribution in [2.75, 3.05) is 6.61 Å². The quantitative estimate of drug-likeness (QED) is 0.558. The topological polar surface area (TPSA) is 72.7 Å². The minimum absolute atomic E-state index is 0.00549. The highest BCUT2D eigenvalue weighted by atomic mass is 16.5. The van der Waals surface area contributed by atoms with Gasteiger partial charge in [0.1, 0.15) is 17.0 Å². The van der Waals surface area contributed by atoms with E-state index in [1.54, 1.807) is 24.4 Å². The molecule has 0 saturated carbocycles. The zero-order chi connectivity index (χ0) is 21.2. The molecule has 0 saturated heterocycles. The molecular formula is C25H21N3O3. The minimum Gasteiger partial charge on any atom is -0.493 e. The van der Waals surface area contributed by atoms with E-state index in [2.05, 4.69) is 16.4 Å². The number of amides is 1. The van der Waals surface area contributed by atoms with Crippen LogP contribution in [0.2, 0.25) is 0 Å². The van der Waals surface area contributed by atoms with Gasteiger partial charge in [-0.05, 0) is 53.8 Å². The first-order chi connectivity index (χ1) is 15.2. The van der Waals surface area contributed by atoms with Crippen LogP contribution >= 0.6 is 0 Å². The Bertz CT molecular complexity index is 1310. The van der Waals surface area contributed by atoms with Gasteiger partial charge in [0.15, 0.2) is 0 Å². The molecule has 0 radical (unpaired) electrons. The van der Waals surface area contributed by atoms with Gasteiger partial charge in [-0.2, -0.15) is 0 Å². The summed E-state index contributed by atoms with van der Waals surface area (Å²) in [5.74, 6) is 0.434. The number of pyridine rings is 1. The molecule has 4 aromatic rings. The summed E-state index contributed by atoms with van der Waals surface area (Å²) in [7, 11) is 0. The van der Waals surface area contributed by atoms with E-state index in [-0.39, 0.29) is 5.56 Å². The van der Waals surface area contributed by atoms with Crippen molar-refractivity contribution in [1.82, 2.24) is 14.7 Å². The van der Waals surface area contributed by atoms with E-state index in [1.165, 1.54) is 10.6 Å². The van der Waals surface area contributed by atoms with E-state index in [9.17, 15) is 9.59 Å². The van der Waals surface area contributed by atoms with E-state index in [1.807, 2.05) is 42.5 Å². The first-order valence-electron chi connectivity index (χ1n) is 10.3. The predicted molar refractivity (Wildman–Crippen MR) is 117 cm³/mol. The van der Waals surface area contributed by atoms with Crippen molar-refractivity contribution in [2.45, 2.75) is 18.9 Å². The number of carbonyl (C=O) groups excluding carboxylic acids is 1. The minimum atomic E-state index is -0.460. The average Bonchev–Trinajstić information content (AvgIpc) is 2.83. The normalized spacial score (nSPS) is 13.8. The number of benzene rings is 2. The molecular weight excluding hydrogens is 390 g/mol. The van der Waals surface area contributed by atoms with E-state index < -0.39 is 17.5 Å². The van der Waals surface area contributed by atoms with Crippen molar-refractivity contribution < 1.29 is 9.53 Å². The fourth-order valence-corrected chi connectivity index (χ4v) is 3.96. The summed E-state index contributed by atoms with van der Waals surface area (Å²) in [6, 6.07) is 20.6. The molecule has 3 heterocycles. The van der Waals surface area contributed by atoms with Gasteiger partial charge in [-0.3, -0.25) is 14.0 Å². The lowest BCUT2D eigenvalue weighted by Gasteiger charge is -2.23. The van der Waals surface area contributed by atoms with Gasteiger partial charge in [0.05, 0.1) is 12.6 Å². The number of hydrogen-bond donors (Lipinski definition) is 1. The smallest absolute Gasteiger partial charge is 0.270 e. The van der Waals surface area contributed by atoms with Crippen LogP contribution in [0.25, 0.3) is 5.65 Å². The molecule has 2 aromatic heterocycles. The Labute approximate surface area is 179 Å². The second-order valence-corrected chi connectivity index (χ2v) is 7.54. The van der Waals surface area contributed by atoms with Gasteiger partial charge in [-0.25, -0.2) is 4.98 Å². The zero-order valence-electron chi connectivity index (χ0n) is 16.8. The lowest BCUT2D eigenvalue weighted by molar-refractivity contribution is 0.0941. The number of aryl methyl sites for hydroxylation is 1. The first-order valence-corrected chi connectivity index (χ1v) is 10.3. The van der Waals surface area contributed by atoms with Gasteiger partial charge < -0.3 is 10.1 Å². The highest BCUT2D eigenvalue weighted by Gasteiger charge is 2.22. The van der Waals surface area contributed by atoms with Crippen molar-refractivity contribution in [3.63, 3.8) is 0 Å². The van der Waals surface area contributed by atoms with E-state index in [4.69, 9.17) is 4.74 Å². The Balaban J connectivity index is 1.53. The third kappa shape index (κ3) is 3.68. The van der Waals surface area contributed by atoms with Crippen molar-refractivity contribution in [3.8, 4) is 5.75 Å². The summed E-state index contributed by atoms with van der Waals surface area (Å²) >= 11 is 0. The third-order valence-corrected chi connectivity index (χ3v) is 5.53. The van der Waals surface area contributed by atoms with Crippen molar-refractivity contribution in [1.29, 1.82) is 0 Å². The fourth-order valence-electron chi connectivity index (χ4n) is 3.96. The Kier molecular flexibility index (Phi) is 4.96. The summed E-state index contributed by atoms with van der Waals surface area (Å²) in [6.07, 6.45) is 4.86. The van der Waals surface area contributed by atoms with Crippen LogP contribution < -0.4 is 15.6 Å². The SMILES string of the molecule is O=C(NC(c1ccccc1)c1ccc2c(c1)CCCO2)c1cnc2ccccn2c1=O. The molecule has 0 bridgehead atoms. The molecule has 0 aliphatic carbocycles. The molecule has 1 aliphatic heterocycles. The molecule has 1 unspecified atom stereocenters. The average molecular weight is 411 g/mol. The van der Waals surface area contributed by atoms with Crippen molar-refractivity contribution >= 4 is 11.6 Å². The number of ether oxygens (including phenoxy) is 1. The molecule has 31 heavy (non-hydrogen) atoms. The van der Waals surface area contributed by atoms with Crippen molar-refractivity contribution in [3.05, 3.63) is 112 Å². The zero-order valence-corrected chi connectivity index (χ0v) is 16.8. The van der Waals surface area contributed by atoms with Gasteiger partial charge in [0.25, 0.3) is 11.5 Å². The lowest BCUT2D eigenvalue weighted by atomic mass is 9.94. The maximum absolute atomic E-state index is 13.2. The Hall–Kier alpha value is -3.93. The first kappa shape index (κ1) is 19.1. The number of nitrogens with one attached hydrogen (secondary N) is 1. The highest BCUT2D eigenvalue weighted by molar-refractivity contribution is 5.94. The predicted octanol–water partition coefficient (Wildman–Crippen LogP) is 3.54. The summed E-state index contributed by atoms with van der Waals surface area (Å²) in [4.78, 5) is 30.3. The van der Waals surface area contributed by atoms with Crippen LogP contribution in [-0.2, 0) is 6.42 Å². The number of nitrogens with zero attached hydrogens (tertiary/aromatic N) is 2. The van der Waals surface area contributed by atoms with E-state index in [0.29, 0.717) is 5.65 Å². The van der Waals surface area contributed by atoms with Crippen LogP contribution in [0, 0.1) is 0 Å². The summed E-state index contributed by atoms with van der Waals surface area (Å²) < 4.78 is 7.11. The number of carbonyl (C=O) groups is 1. The van der Waals surface area contributed by atoms with Gasteiger partial charge in [0.2, 0.25) is 0 Å². The Morgan fingerprint density at radius 1 is 1.03 bits per heavy atom. The van der Waals surface area contributed by atoms with E-state index in [0.717, 1.165) is 41.9 Å². The monoisotopic (exact) mass is 411 g/mol. The summed E-state index contributed by atoms with van der Waals surface area (Å²) in [5, 5.41) is 3.05.